The molecule has 3 aromatic rings. The Kier molecular flexibility index (Phi) is 6.22. The summed E-state index contributed by atoms with van der Waals surface area (Å²) in [4.78, 5) is 29.5. The van der Waals surface area contributed by atoms with Crippen LogP contribution in [0, 0.1) is 0 Å². The number of fused-ring (bicyclic) bond motifs is 1. The van der Waals surface area contributed by atoms with Crippen LogP contribution >= 0.6 is 0 Å². The molecule has 170 valence electrons. The summed E-state index contributed by atoms with van der Waals surface area (Å²) in [6.07, 6.45) is -2.82. The van der Waals surface area contributed by atoms with Crippen LogP contribution in [0.2, 0.25) is 0 Å². The second-order valence-corrected chi connectivity index (χ2v) is 7.85. The van der Waals surface area contributed by atoms with Crippen LogP contribution in [0.1, 0.15) is 24.4 Å². The van der Waals surface area contributed by atoms with E-state index in [0.717, 1.165) is 49.1 Å². The first-order chi connectivity index (χ1) is 15.3. The Morgan fingerprint density at radius 3 is 2.59 bits per heavy atom. The molecule has 0 unspecified atom stereocenters. The maximum absolute atomic E-state index is 12.8. The number of halogens is 3. The number of nitrogens with zero attached hydrogens (tertiary/aromatic N) is 2. The van der Waals surface area contributed by atoms with Crippen molar-refractivity contribution in [3.8, 4) is 0 Å². The number of alkyl halides is 3. The average molecular weight is 447 g/mol. The molecule has 0 aliphatic carbocycles. The van der Waals surface area contributed by atoms with Crippen molar-refractivity contribution in [2.24, 2.45) is 0 Å². The van der Waals surface area contributed by atoms with Crippen molar-refractivity contribution in [3.05, 3.63) is 64.6 Å². The molecule has 2 heterocycles. The van der Waals surface area contributed by atoms with Crippen molar-refractivity contribution in [2.75, 3.05) is 31.5 Å². The second kappa shape index (κ2) is 9.07. The van der Waals surface area contributed by atoms with Crippen LogP contribution in [0.3, 0.4) is 0 Å². The number of benzene rings is 2. The van der Waals surface area contributed by atoms with Crippen molar-refractivity contribution in [1.82, 2.24) is 19.8 Å². The number of hydrogen-bond donors (Lipinski definition) is 3. The Morgan fingerprint density at radius 1 is 1.09 bits per heavy atom. The normalized spacial score (nSPS) is 15.7. The lowest BCUT2D eigenvalue weighted by atomic mass is 10.0. The predicted octanol–water partition coefficient (Wildman–Crippen LogP) is 3.81. The first-order valence-electron chi connectivity index (χ1n) is 10.4. The fourth-order valence-corrected chi connectivity index (χ4v) is 4.11. The van der Waals surface area contributed by atoms with E-state index >= 15 is 0 Å². The summed E-state index contributed by atoms with van der Waals surface area (Å²) in [6.45, 7) is 2.55. The zero-order valence-corrected chi connectivity index (χ0v) is 17.3. The molecule has 1 aliphatic rings. The van der Waals surface area contributed by atoms with Gasteiger partial charge in [0.15, 0.2) is 0 Å². The molecule has 0 spiro atoms. The van der Waals surface area contributed by atoms with Gasteiger partial charge < -0.3 is 20.5 Å². The van der Waals surface area contributed by atoms with E-state index in [1.54, 1.807) is 0 Å². The number of urea groups is 1. The van der Waals surface area contributed by atoms with E-state index < -0.39 is 17.8 Å². The molecule has 1 aliphatic heterocycles. The number of imidazole rings is 1. The summed E-state index contributed by atoms with van der Waals surface area (Å²) in [5, 5.41) is 5.11. The average Bonchev–Trinajstić information content (AvgIpc) is 3.09. The van der Waals surface area contributed by atoms with E-state index in [-0.39, 0.29) is 17.4 Å². The van der Waals surface area contributed by atoms with Gasteiger partial charge in [0.25, 0.3) is 0 Å². The fourth-order valence-electron chi connectivity index (χ4n) is 4.11. The summed E-state index contributed by atoms with van der Waals surface area (Å²) in [7, 11) is 0. The molecule has 2 amide bonds. The lowest BCUT2D eigenvalue weighted by Gasteiger charge is -2.32. The van der Waals surface area contributed by atoms with Crippen LogP contribution < -0.4 is 16.3 Å². The second-order valence-electron chi connectivity index (χ2n) is 7.85. The van der Waals surface area contributed by atoms with Gasteiger partial charge in [-0.15, -0.1) is 0 Å². The van der Waals surface area contributed by atoms with Gasteiger partial charge in [-0.1, -0.05) is 18.2 Å². The minimum absolute atomic E-state index is 0.0855. The van der Waals surface area contributed by atoms with Crippen molar-refractivity contribution in [2.45, 2.75) is 25.1 Å². The third-order valence-corrected chi connectivity index (χ3v) is 5.71. The van der Waals surface area contributed by atoms with Crippen LogP contribution in [-0.4, -0.2) is 46.7 Å². The van der Waals surface area contributed by atoms with Gasteiger partial charge in [-0.05, 0) is 43.2 Å². The molecule has 1 saturated heterocycles. The number of hydrogen-bond acceptors (Lipinski definition) is 3. The predicted molar refractivity (Wildman–Crippen MR) is 116 cm³/mol. The summed E-state index contributed by atoms with van der Waals surface area (Å²) >= 11 is 0. The van der Waals surface area contributed by atoms with Crippen LogP contribution in [0.15, 0.2) is 53.3 Å². The number of para-hydroxylation sites is 2. The fraction of sp³-hybridized carbons (Fsp3) is 0.364. The lowest BCUT2D eigenvalue weighted by Crippen LogP contribution is -2.41. The van der Waals surface area contributed by atoms with Gasteiger partial charge in [0.2, 0.25) is 0 Å². The van der Waals surface area contributed by atoms with E-state index in [1.165, 1.54) is 12.1 Å². The van der Waals surface area contributed by atoms with Gasteiger partial charge in [0.1, 0.15) is 0 Å². The number of rotatable bonds is 5. The third-order valence-electron chi connectivity index (χ3n) is 5.71. The molecule has 7 nitrogen and oxygen atoms in total. The lowest BCUT2D eigenvalue weighted by molar-refractivity contribution is -0.137. The maximum Gasteiger partial charge on any atom is 0.416 e. The zero-order chi connectivity index (χ0) is 22.7. The van der Waals surface area contributed by atoms with Gasteiger partial charge in [-0.3, -0.25) is 4.57 Å². The number of H-pyrrole nitrogens is 1. The molecule has 2 aromatic carbocycles. The van der Waals surface area contributed by atoms with Gasteiger partial charge in [0, 0.05) is 37.9 Å². The molecule has 0 saturated carbocycles. The topological polar surface area (TPSA) is 82.2 Å². The molecule has 1 fully saturated rings. The van der Waals surface area contributed by atoms with E-state index in [9.17, 15) is 22.8 Å². The SMILES string of the molecule is O=C(NCCN1CCC(n2c(=O)[nH]c3ccccc32)CC1)Nc1cccc(C(F)(F)F)c1. The number of nitrogens with one attached hydrogen (secondary N) is 3. The highest BCUT2D eigenvalue weighted by Gasteiger charge is 2.30. The number of aromatic amines is 1. The Bertz CT molecular complexity index is 1150. The maximum atomic E-state index is 12.8. The van der Waals surface area contributed by atoms with E-state index in [2.05, 4.69) is 20.5 Å². The number of likely N-dealkylation sites (tertiary alicyclic amines) is 1. The standard InChI is InChI=1S/C22H24F3N5O2/c23-22(24,25)15-4-3-5-16(14-15)27-20(31)26-10-13-29-11-8-17(9-12-29)30-19-7-2-1-6-18(19)28-21(30)32/h1-7,14,17H,8-13H2,(H,28,32)(H2,26,27,31). The summed E-state index contributed by atoms with van der Waals surface area (Å²) in [6, 6.07) is 11.7. The molecule has 0 atom stereocenters. The van der Waals surface area contributed by atoms with Gasteiger partial charge in [0.05, 0.1) is 16.6 Å². The van der Waals surface area contributed by atoms with E-state index in [4.69, 9.17) is 0 Å². The Morgan fingerprint density at radius 2 is 1.84 bits per heavy atom. The van der Waals surface area contributed by atoms with Crippen molar-refractivity contribution >= 4 is 22.8 Å². The van der Waals surface area contributed by atoms with Crippen LogP contribution in [0.25, 0.3) is 11.0 Å². The molecule has 4 rings (SSSR count). The van der Waals surface area contributed by atoms with E-state index in [1.807, 2.05) is 28.8 Å². The molecular weight excluding hydrogens is 423 g/mol. The van der Waals surface area contributed by atoms with Gasteiger partial charge in [-0.25, -0.2) is 9.59 Å². The molecule has 10 heteroatoms. The van der Waals surface area contributed by atoms with Crippen LogP contribution in [0.5, 0.6) is 0 Å². The summed E-state index contributed by atoms with van der Waals surface area (Å²) in [5.41, 5.74) is 0.909. The first-order valence-corrected chi connectivity index (χ1v) is 10.4. The Balaban J connectivity index is 1.24. The summed E-state index contributed by atoms with van der Waals surface area (Å²) in [5.74, 6) is 0. The number of amides is 2. The number of carbonyl (C=O) groups is 1. The molecular formula is C22H24F3N5O2. The van der Waals surface area contributed by atoms with Gasteiger partial charge in [-0.2, -0.15) is 13.2 Å². The number of aromatic nitrogens is 2. The third kappa shape index (κ3) is 4.96. The highest BCUT2D eigenvalue weighted by Crippen LogP contribution is 2.30. The quantitative estimate of drug-likeness (QED) is 0.556. The summed E-state index contributed by atoms with van der Waals surface area (Å²) < 4.78 is 40.2. The minimum Gasteiger partial charge on any atom is -0.337 e. The Labute approximate surface area is 182 Å². The molecule has 32 heavy (non-hydrogen) atoms. The number of carbonyl (C=O) groups excluding carboxylic acids is 1. The largest absolute Gasteiger partial charge is 0.416 e. The molecule has 0 radical (unpaired) electrons. The molecule has 0 bridgehead atoms. The van der Waals surface area contributed by atoms with Crippen molar-refractivity contribution in [1.29, 1.82) is 0 Å². The Hall–Kier alpha value is -3.27. The minimum atomic E-state index is -4.46. The highest BCUT2D eigenvalue weighted by molar-refractivity contribution is 5.89. The molecule has 1 aromatic heterocycles. The van der Waals surface area contributed by atoms with Crippen LogP contribution in [0.4, 0.5) is 23.7 Å². The first kappa shape index (κ1) is 21.9. The highest BCUT2D eigenvalue weighted by atomic mass is 19.4. The van der Waals surface area contributed by atoms with Gasteiger partial charge >= 0.3 is 17.9 Å². The van der Waals surface area contributed by atoms with Crippen molar-refractivity contribution in [3.63, 3.8) is 0 Å². The van der Waals surface area contributed by atoms with E-state index in [0.29, 0.717) is 13.1 Å². The smallest absolute Gasteiger partial charge is 0.337 e. The van der Waals surface area contributed by atoms with Crippen LogP contribution in [-0.2, 0) is 6.18 Å². The monoisotopic (exact) mass is 447 g/mol. The zero-order valence-electron chi connectivity index (χ0n) is 17.3. The number of anilines is 1. The number of piperidine rings is 1. The van der Waals surface area contributed by atoms with Crippen molar-refractivity contribution < 1.29 is 18.0 Å². The molecule has 3 N–H and O–H groups in total.